The topological polar surface area (TPSA) is 35.0 Å². The molecule has 0 N–H and O–H groups in total. The molecule has 3 nitrogen and oxygen atoms in total. The lowest BCUT2D eigenvalue weighted by Crippen LogP contribution is -1.96. The predicted octanol–water partition coefficient (Wildman–Crippen LogP) is 4.16. The molecular formula is C14H18N2OS. The first-order chi connectivity index (χ1) is 8.90. The van der Waals surface area contributed by atoms with Gasteiger partial charge in [-0.25, -0.2) is 0 Å². The smallest absolute Gasteiger partial charge is 0.119 e. The molecule has 0 aliphatic rings. The highest BCUT2D eigenvalue weighted by Crippen LogP contribution is 2.20. The van der Waals surface area contributed by atoms with Gasteiger partial charge >= 0.3 is 0 Å². The summed E-state index contributed by atoms with van der Waals surface area (Å²) in [6, 6.07) is 8.04. The second-order valence-electron chi connectivity index (χ2n) is 4.23. The van der Waals surface area contributed by atoms with E-state index in [1.54, 1.807) is 6.20 Å². The third-order valence-corrected chi connectivity index (χ3v) is 3.26. The molecule has 0 unspecified atom stereocenters. The van der Waals surface area contributed by atoms with Crippen LogP contribution in [0.3, 0.4) is 0 Å². The average molecular weight is 262 g/mol. The van der Waals surface area contributed by atoms with Gasteiger partial charge in [-0.15, -0.1) is 0 Å². The number of aromatic nitrogens is 2. The first kappa shape index (κ1) is 13.0. The van der Waals surface area contributed by atoms with E-state index in [2.05, 4.69) is 15.7 Å². The van der Waals surface area contributed by atoms with Crippen molar-refractivity contribution in [3.63, 3.8) is 0 Å². The monoisotopic (exact) mass is 262 g/mol. The molecule has 4 heteroatoms. The fraction of sp³-hybridized carbons (Fsp3) is 0.429. The molecule has 0 fully saturated rings. The van der Waals surface area contributed by atoms with Gasteiger partial charge in [0.05, 0.1) is 24.5 Å². The number of nitrogens with zero attached hydrogens (tertiary/aromatic N) is 2. The van der Waals surface area contributed by atoms with E-state index >= 15 is 0 Å². The molecule has 0 saturated carbocycles. The molecule has 1 aromatic carbocycles. The Kier molecular flexibility index (Phi) is 5.15. The highest BCUT2D eigenvalue weighted by atomic mass is 32.1. The molecule has 2 rings (SSSR count). The molecule has 96 valence electrons. The Labute approximate surface area is 112 Å². The van der Waals surface area contributed by atoms with E-state index in [0.29, 0.717) is 0 Å². The van der Waals surface area contributed by atoms with Crippen LogP contribution in [0.15, 0.2) is 30.5 Å². The number of hydrogen-bond donors (Lipinski definition) is 0. The summed E-state index contributed by atoms with van der Waals surface area (Å²) in [7, 11) is 0. The van der Waals surface area contributed by atoms with Crippen LogP contribution in [0, 0.1) is 0 Å². The van der Waals surface area contributed by atoms with Crippen molar-refractivity contribution in [1.29, 1.82) is 0 Å². The van der Waals surface area contributed by atoms with Crippen molar-refractivity contribution >= 4 is 11.7 Å². The molecule has 0 amide bonds. The maximum atomic E-state index is 5.69. The van der Waals surface area contributed by atoms with Crippen molar-refractivity contribution in [1.82, 2.24) is 8.75 Å². The summed E-state index contributed by atoms with van der Waals surface area (Å²) < 4.78 is 13.9. The van der Waals surface area contributed by atoms with Crippen molar-refractivity contribution in [2.45, 2.75) is 32.6 Å². The normalized spacial score (nSPS) is 10.5. The standard InChI is InChI=1S/C14H18N2OS/c1-2-3-4-5-10-17-13-8-6-12(7-9-13)14-11-15-18-16-14/h6-9,11H,2-5,10H2,1H3. The summed E-state index contributed by atoms with van der Waals surface area (Å²) in [6.07, 6.45) is 6.71. The summed E-state index contributed by atoms with van der Waals surface area (Å²) in [5, 5.41) is 0. The molecule has 0 aliphatic heterocycles. The van der Waals surface area contributed by atoms with Crippen molar-refractivity contribution in [3.05, 3.63) is 30.5 Å². The van der Waals surface area contributed by atoms with Crippen molar-refractivity contribution in [3.8, 4) is 17.0 Å². The molecule has 2 aromatic rings. The second-order valence-corrected chi connectivity index (χ2v) is 4.78. The average Bonchev–Trinajstić information content (AvgIpc) is 2.93. The van der Waals surface area contributed by atoms with Gasteiger partial charge in [0.2, 0.25) is 0 Å². The zero-order chi connectivity index (χ0) is 12.6. The van der Waals surface area contributed by atoms with E-state index in [1.165, 1.54) is 31.0 Å². The fourth-order valence-electron chi connectivity index (χ4n) is 1.73. The maximum absolute atomic E-state index is 5.69. The molecule has 0 radical (unpaired) electrons. The summed E-state index contributed by atoms with van der Waals surface area (Å²) in [5.74, 6) is 0.929. The van der Waals surface area contributed by atoms with Crippen LogP contribution in [0.4, 0.5) is 0 Å². The van der Waals surface area contributed by atoms with Crippen molar-refractivity contribution in [2.24, 2.45) is 0 Å². The summed E-state index contributed by atoms with van der Waals surface area (Å²) in [4.78, 5) is 0. The minimum atomic E-state index is 0.803. The number of hydrogen-bond acceptors (Lipinski definition) is 4. The third kappa shape index (κ3) is 3.81. The molecule has 0 aliphatic carbocycles. The Morgan fingerprint density at radius 1 is 1.11 bits per heavy atom. The number of ether oxygens (including phenoxy) is 1. The molecule has 1 heterocycles. The summed E-state index contributed by atoms with van der Waals surface area (Å²) >= 11 is 1.23. The van der Waals surface area contributed by atoms with Crippen molar-refractivity contribution < 1.29 is 4.74 Å². The van der Waals surface area contributed by atoms with E-state index in [-0.39, 0.29) is 0 Å². The lowest BCUT2D eigenvalue weighted by Gasteiger charge is -2.06. The van der Waals surface area contributed by atoms with Crippen LogP contribution in [-0.4, -0.2) is 15.4 Å². The van der Waals surface area contributed by atoms with E-state index in [9.17, 15) is 0 Å². The largest absolute Gasteiger partial charge is 0.494 e. The van der Waals surface area contributed by atoms with Gasteiger partial charge in [-0.1, -0.05) is 26.2 Å². The minimum Gasteiger partial charge on any atom is -0.494 e. The number of benzene rings is 1. The van der Waals surface area contributed by atoms with Crippen LogP contribution >= 0.6 is 11.7 Å². The van der Waals surface area contributed by atoms with Gasteiger partial charge < -0.3 is 4.74 Å². The lowest BCUT2D eigenvalue weighted by molar-refractivity contribution is 0.305. The molecule has 0 saturated heterocycles. The van der Waals surface area contributed by atoms with Crippen LogP contribution in [0.1, 0.15) is 32.6 Å². The predicted molar refractivity (Wildman–Crippen MR) is 75.0 cm³/mol. The molecular weight excluding hydrogens is 244 g/mol. The van der Waals surface area contributed by atoms with Gasteiger partial charge in [-0.2, -0.15) is 8.75 Å². The van der Waals surface area contributed by atoms with Gasteiger partial charge in [0.1, 0.15) is 11.4 Å². The van der Waals surface area contributed by atoms with Gasteiger partial charge in [0.25, 0.3) is 0 Å². The van der Waals surface area contributed by atoms with Crippen LogP contribution in [0.5, 0.6) is 5.75 Å². The Morgan fingerprint density at radius 3 is 2.61 bits per heavy atom. The van der Waals surface area contributed by atoms with Crippen LogP contribution in [0.2, 0.25) is 0 Å². The Bertz CT molecular complexity index is 439. The molecule has 0 atom stereocenters. The fourth-order valence-corrected chi connectivity index (χ4v) is 2.17. The van der Waals surface area contributed by atoms with Crippen LogP contribution in [-0.2, 0) is 0 Å². The number of unbranched alkanes of at least 4 members (excludes halogenated alkanes) is 3. The Hall–Kier alpha value is -1.42. The summed E-state index contributed by atoms with van der Waals surface area (Å²) in [6.45, 7) is 3.02. The third-order valence-electron chi connectivity index (χ3n) is 2.78. The maximum Gasteiger partial charge on any atom is 0.119 e. The lowest BCUT2D eigenvalue weighted by atomic mass is 10.1. The Morgan fingerprint density at radius 2 is 1.94 bits per heavy atom. The van der Waals surface area contributed by atoms with Gasteiger partial charge in [0.15, 0.2) is 0 Å². The van der Waals surface area contributed by atoms with E-state index in [0.717, 1.165) is 30.0 Å². The first-order valence-electron chi connectivity index (χ1n) is 6.41. The van der Waals surface area contributed by atoms with Crippen LogP contribution in [0.25, 0.3) is 11.3 Å². The second kappa shape index (κ2) is 7.11. The molecule has 18 heavy (non-hydrogen) atoms. The highest BCUT2D eigenvalue weighted by Gasteiger charge is 2.01. The van der Waals surface area contributed by atoms with Crippen molar-refractivity contribution in [2.75, 3.05) is 6.61 Å². The van der Waals surface area contributed by atoms with Gasteiger partial charge in [-0.05, 0) is 30.7 Å². The molecule has 1 aromatic heterocycles. The van der Waals surface area contributed by atoms with E-state index < -0.39 is 0 Å². The quantitative estimate of drug-likeness (QED) is 0.703. The minimum absolute atomic E-state index is 0.803. The summed E-state index contributed by atoms with van der Waals surface area (Å²) in [5.41, 5.74) is 2.01. The van der Waals surface area contributed by atoms with E-state index in [4.69, 9.17) is 4.74 Å². The van der Waals surface area contributed by atoms with Gasteiger partial charge in [-0.3, -0.25) is 0 Å². The SMILES string of the molecule is CCCCCCOc1ccc(-c2cnsn2)cc1. The molecule has 0 bridgehead atoms. The van der Waals surface area contributed by atoms with E-state index in [1.807, 2.05) is 24.3 Å². The highest BCUT2D eigenvalue weighted by molar-refractivity contribution is 6.99. The number of rotatable bonds is 7. The van der Waals surface area contributed by atoms with Gasteiger partial charge in [0, 0.05) is 5.56 Å². The molecule has 0 spiro atoms. The zero-order valence-corrected chi connectivity index (χ0v) is 11.4. The Balaban J connectivity index is 1.81. The zero-order valence-electron chi connectivity index (χ0n) is 10.6. The first-order valence-corrected chi connectivity index (χ1v) is 7.14. The van der Waals surface area contributed by atoms with Crippen LogP contribution < -0.4 is 4.74 Å².